The zero-order valence-electron chi connectivity index (χ0n) is 28.6. The van der Waals surface area contributed by atoms with Gasteiger partial charge in [0.1, 0.15) is 23.7 Å². The standard InChI is InChI=1S/C35H50N6O8/c1-35(2,3)49-34(48)40-28(23-13-8-5-9-14-23)33(47)41-18-10-15-25(41)31(45)38-24(19-21-16-17-21)29(43)32(46)37-20-26(42)39-27(30(36)44)22-11-6-4-7-12-22/h4,6-7,11-12,21,23-25,27-28H,5,8-10,13-20H2,1-3H3,(H2,36,44)(H,37,46)(H,38,45)(H,39,42)(H,40,48)/t24?,25-,27-,28-/m0/s1. The van der Waals surface area contributed by atoms with E-state index in [-0.39, 0.29) is 24.2 Å². The second-order valence-corrected chi connectivity index (χ2v) is 14.3. The summed E-state index contributed by atoms with van der Waals surface area (Å²) in [5.41, 5.74) is 5.16. The Morgan fingerprint density at radius 1 is 0.878 bits per heavy atom. The zero-order chi connectivity index (χ0) is 35.7. The minimum absolute atomic E-state index is 0.103. The van der Waals surface area contributed by atoms with Crippen molar-refractivity contribution in [3.8, 4) is 0 Å². The first kappa shape index (κ1) is 37.3. The predicted molar refractivity (Wildman–Crippen MR) is 178 cm³/mol. The number of Topliss-reactive ketones (excluding diaryl/α,β-unsaturated/α-hetero) is 1. The van der Waals surface area contributed by atoms with Gasteiger partial charge in [0.05, 0.1) is 12.6 Å². The fourth-order valence-corrected chi connectivity index (χ4v) is 6.53. The van der Waals surface area contributed by atoms with E-state index in [9.17, 15) is 33.6 Å². The Kier molecular flexibility index (Phi) is 12.8. The summed E-state index contributed by atoms with van der Waals surface area (Å²) in [5, 5.41) is 10.3. The lowest BCUT2D eigenvalue weighted by Gasteiger charge is -2.35. The summed E-state index contributed by atoms with van der Waals surface area (Å²) in [6, 6.07) is 4.32. The van der Waals surface area contributed by atoms with Crippen LogP contribution in [0, 0.1) is 11.8 Å². The number of ketones is 1. The largest absolute Gasteiger partial charge is 0.444 e. The Morgan fingerprint density at radius 3 is 2.16 bits per heavy atom. The zero-order valence-corrected chi connectivity index (χ0v) is 28.6. The average molecular weight is 683 g/mol. The Hall–Kier alpha value is -4.49. The molecule has 268 valence electrons. The van der Waals surface area contributed by atoms with Gasteiger partial charge in [0.2, 0.25) is 29.4 Å². The molecule has 0 aromatic heterocycles. The third-order valence-corrected chi connectivity index (χ3v) is 9.15. The van der Waals surface area contributed by atoms with Crippen molar-refractivity contribution >= 4 is 41.4 Å². The van der Waals surface area contributed by atoms with Gasteiger partial charge >= 0.3 is 6.09 Å². The van der Waals surface area contributed by atoms with E-state index >= 15 is 0 Å². The van der Waals surface area contributed by atoms with Crippen molar-refractivity contribution in [2.75, 3.05) is 13.1 Å². The summed E-state index contributed by atoms with van der Waals surface area (Å²) in [6.45, 7) is 4.94. The number of benzene rings is 1. The molecule has 0 spiro atoms. The number of nitrogens with one attached hydrogen (secondary N) is 4. The molecule has 0 bridgehead atoms. The van der Waals surface area contributed by atoms with E-state index < -0.39 is 71.8 Å². The van der Waals surface area contributed by atoms with Crippen molar-refractivity contribution in [2.24, 2.45) is 17.6 Å². The van der Waals surface area contributed by atoms with Crippen molar-refractivity contribution in [3.05, 3.63) is 35.9 Å². The number of alkyl carbamates (subject to hydrolysis) is 1. The van der Waals surface area contributed by atoms with E-state index in [1.807, 2.05) is 0 Å². The van der Waals surface area contributed by atoms with Gasteiger partial charge in [0.25, 0.3) is 5.91 Å². The van der Waals surface area contributed by atoms with Crippen LogP contribution >= 0.6 is 0 Å². The van der Waals surface area contributed by atoms with Gasteiger partial charge in [-0.05, 0) is 70.3 Å². The molecule has 3 fully saturated rings. The molecule has 14 nitrogen and oxygen atoms in total. The number of ether oxygens (including phenoxy) is 1. The molecule has 2 saturated carbocycles. The second-order valence-electron chi connectivity index (χ2n) is 14.3. The van der Waals surface area contributed by atoms with Crippen molar-refractivity contribution in [2.45, 2.75) is 115 Å². The van der Waals surface area contributed by atoms with Crippen LogP contribution in [0.15, 0.2) is 30.3 Å². The lowest BCUT2D eigenvalue weighted by molar-refractivity contribution is -0.143. The topological polar surface area (TPSA) is 206 Å². The fraction of sp³-hybridized carbons (Fsp3) is 0.629. The Morgan fingerprint density at radius 2 is 1.55 bits per heavy atom. The van der Waals surface area contributed by atoms with Gasteiger partial charge in [0.15, 0.2) is 0 Å². The van der Waals surface area contributed by atoms with Crippen LogP contribution in [0.5, 0.6) is 0 Å². The van der Waals surface area contributed by atoms with Crippen LogP contribution in [0.25, 0.3) is 0 Å². The summed E-state index contributed by atoms with van der Waals surface area (Å²) in [5.74, 6) is -4.36. The van der Waals surface area contributed by atoms with Gasteiger partial charge in [-0.2, -0.15) is 0 Å². The number of carbonyl (C=O) groups excluding carboxylic acids is 7. The summed E-state index contributed by atoms with van der Waals surface area (Å²) in [7, 11) is 0. The van der Waals surface area contributed by atoms with Gasteiger partial charge in [0, 0.05) is 6.54 Å². The first-order valence-electron chi connectivity index (χ1n) is 17.3. The van der Waals surface area contributed by atoms with Gasteiger partial charge in [-0.15, -0.1) is 0 Å². The Bertz CT molecular complexity index is 1390. The van der Waals surface area contributed by atoms with Crippen molar-refractivity contribution in [1.29, 1.82) is 0 Å². The third-order valence-electron chi connectivity index (χ3n) is 9.15. The smallest absolute Gasteiger partial charge is 0.408 e. The molecule has 49 heavy (non-hydrogen) atoms. The first-order valence-corrected chi connectivity index (χ1v) is 17.3. The number of hydrogen-bond acceptors (Lipinski definition) is 8. The lowest BCUT2D eigenvalue weighted by Crippen LogP contribution is -2.58. The molecule has 2 aliphatic carbocycles. The normalized spacial score (nSPS) is 19.9. The third kappa shape index (κ3) is 11.0. The second kappa shape index (κ2) is 16.8. The SMILES string of the molecule is CC(C)(C)OC(=O)N[C@H](C(=O)N1CCC[C@H]1C(=O)NC(CC1CC1)C(=O)C(=O)NCC(=O)N[C@H](C(N)=O)c1ccccc1)C1CCCCC1. The van der Waals surface area contributed by atoms with Gasteiger partial charge < -0.3 is 36.6 Å². The highest BCUT2D eigenvalue weighted by atomic mass is 16.6. The highest BCUT2D eigenvalue weighted by Gasteiger charge is 2.43. The van der Waals surface area contributed by atoms with Crippen LogP contribution in [0.3, 0.4) is 0 Å². The molecule has 1 heterocycles. The minimum Gasteiger partial charge on any atom is -0.444 e. The molecule has 0 radical (unpaired) electrons. The predicted octanol–water partition coefficient (Wildman–Crippen LogP) is 1.76. The van der Waals surface area contributed by atoms with Crippen LogP contribution in [0.2, 0.25) is 0 Å². The number of likely N-dealkylation sites (tertiary alicyclic amines) is 1. The molecule has 14 heteroatoms. The highest BCUT2D eigenvalue weighted by Crippen LogP contribution is 2.34. The maximum Gasteiger partial charge on any atom is 0.408 e. The van der Waals surface area contributed by atoms with Crippen molar-refractivity contribution in [3.63, 3.8) is 0 Å². The number of rotatable bonds is 14. The summed E-state index contributed by atoms with van der Waals surface area (Å²) in [6.07, 6.45) is 6.61. The van der Waals surface area contributed by atoms with Crippen molar-refractivity contribution < 1.29 is 38.3 Å². The molecule has 4 rings (SSSR count). The summed E-state index contributed by atoms with van der Waals surface area (Å²) >= 11 is 0. The summed E-state index contributed by atoms with van der Waals surface area (Å²) < 4.78 is 5.45. The maximum absolute atomic E-state index is 14.0. The van der Waals surface area contributed by atoms with E-state index in [1.165, 1.54) is 4.90 Å². The van der Waals surface area contributed by atoms with Crippen LogP contribution in [-0.4, -0.2) is 83.1 Å². The van der Waals surface area contributed by atoms with Crippen LogP contribution in [0.4, 0.5) is 4.79 Å². The van der Waals surface area contributed by atoms with Crippen LogP contribution in [-0.2, 0) is 33.5 Å². The first-order chi connectivity index (χ1) is 23.2. The fourth-order valence-electron chi connectivity index (χ4n) is 6.53. The lowest BCUT2D eigenvalue weighted by atomic mass is 9.83. The highest BCUT2D eigenvalue weighted by molar-refractivity contribution is 6.38. The van der Waals surface area contributed by atoms with Gasteiger partial charge in [-0.3, -0.25) is 28.8 Å². The molecular formula is C35H50N6O8. The van der Waals surface area contributed by atoms with E-state index in [0.29, 0.717) is 24.9 Å². The Labute approximate surface area is 287 Å². The van der Waals surface area contributed by atoms with Crippen LogP contribution < -0.4 is 27.0 Å². The number of carbonyl (C=O) groups is 7. The van der Waals surface area contributed by atoms with Crippen LogP contribution in [0.1, 0.15) is 96.6 Å². The molecule has 6 N–H and O–H groups in total. The Balaban J connectivity index is 1.39. The molecule has 1 unspecified atom stereocenters. The molecule has 1 aliphatic heterocycles. The molecule has 3 aliphatic rings. The number of amides is 6. The molecular weight excluding hydrogens is 632 g/mol. The van der Waals surface area contributed by atoms with E-state index in [2.05, 4.69) is 21.3 Å². The van der Waals surface area contributed by atoms with E-state index in [0.717, 1.165) is 44.9 Å². The number of nitrogens with zero attached hydrogens (tertiary/aromatic N) is 1. The minimum atomic E-state index is -1.16. The monoisotopic (exact) mass is 682 g/mol. The number of hydrogen-bond donors (Lipinski definition) is 5. The summed E-state index contributed by atoms with van der Waals surface area (Å²) in [4.78, 5) is 92.7. The molecule has 1 aromatic rings. The number of primary amides is 1. The van der Waals surface area contributed by atoms with Gasteiger partial charge in [-0.25, -0.2) is 4.79 Å². The average Bonchev–Trinajstić information content (AvgIpc) is 3.74. The van der Waals surface area contributed by atoms with E-state index in [1.54, 1.807) is 51.1 Å². The molecule has 1 aromatic carbocycles. The maximum atomic E-state index is 14.0. The van der Waals surface area contributed by atoms with E-state index in [4.69, 9.17) is 10.5 Å². The quantitative estimate of drug-likeness (QED) is 0.182. The molecule has 6 amide bonds. The molecule has 4 atom stereocenters. The molecule has 1 saturated heterocycles. The van der Waals surface area contributed by atoms with Crippen molar-refractivity contribution in [1.82, 2.24) is 26.2 Å². The van der Waals surface area contributed by atoms with Gasteiger partial charge in [-0.1, -0.05) is 62.4 Å². The number of nitrogens with two attached hydrogens (primary N) is 1.